The molecule has 2 atom stereocenters. The van der Waals surface area contributed by atoms with Gasteiger partial charge in [-0.15, -0.1) is 11.8 Å². The molecular formula is C22H23NO5S2. The van der Waals surface area contributed by atoms with Crippen molar-refractivity contribution in [3.8, 4) is 11.5 Å². The zero-order chi connectivity index (χ0) is 21.5. The van der Waals surface area contributed by atoms with Crippen LogP contribution in [0.2, 0.25) is 0 Å². The van der Waals surface area contributed by atoms with Crippen LogP contribution in [0.5, 0.6) is 11.5 Å². The lowest BCUT2D eigenvalue weighted by Gasteiger charge is -2.23. The molecule has 1 amide bonds. The van der Waals surface area contributed by atoms with Crippen LogP contribution in [0.25, 0.3) is 0 Å². The van der Waals surface area contributed by atoms with E-state index in [1.165, 1.54) is 23.6 Å². The highest BCUT2D eigenvalue weighted by Crippen LogP contribution is 2.27. The third-order valence-corrected chi connectivity index (χ3v) is 6.60. The molecule has 0 aliphatic carbocycles. The van der Waals surface area contributed by atoms with Crippen molar-refractivity contribution in [1.29, 1.82) is 0 Å². The maximum Gasteiger partial charge on any atom is 0.327 e. The summed E-state index contributed by atoms with van der Waals surface area (Å²) in [6.07, 6.45) is 0.650. The Labute approximate surface area is 184 Å². The Morgan fingerprint density at radius 1 is 1.13 bits per heavy atom. The molecule has 158 valence electrons. The molecule has 0 aromatic heterocycles. The lowest BCUT2D eigenvalue weighted by Crippen LogP contribution is -2.42. The number of para-hydroxylation sites is 1. The molecule has 0 bridgehead atoms. The van der Waals surface area contributed by atoms with Crippen molar-refractivity contribution < 1.29 is 24.2 Å². The van der Waals surface area contributed by atoms with Crippen LogP contribution >= 0.6 is 23.5 Å². The Hall–Kier alpha value is -2.45. The molecule has 0 saturated carbocycles. The van der Waals surface area contributed by atoms with Gasteiger partial charge in [0, 0.05) is 24.3 Å². The summed E-state index contributed by atoms with van der Waals surface area (Å²) in [5.74, 6) is 1.01. The molecule has 1 fully saturated rings. The van der Waals surface area contributed by atoms with Gasteiger partial charge >= 0.3 is 5.97 Å². The van der Waals surface area contributed by atoms with Gasteiger partial charge < -0.3 is 14.7 Å². The number of carbonyl (C=O) groups excluding carboxylic acids is 2. The maximum atomic E-state index is 12.7. The zero-order valence-corrected chi connectivity index (χ0v) is 18.2. The fourth-order valence-corrected chi connectivity index (χ4v) is 5.32. The van der Waals surface area contributed by atoms with Crippen LogP contribution in [-0.2, 0) is 20.8 Å². The van der Waals surface area contributed by atoms with Gasteiger partial charge in [-0.1, -0.05) is 42.1 Å². The average molecular weight is 446 g/mol. The summed E-state index contributed by atoms with van der Waals surface area (Å²) in [4.78, 5) is 37.2. The summed E-state index contributed by atoms with van der Waals surface area (Å²) in [5, 5.41) is 8.98. The first-order chi connectivity index (χ1) is 14.4. The molecule has 2 aromatic carbocycles. The van der Waals surface area contributed by atoms with E-state index in [-0.39, 0.29) is 22.7 Å². The number of carbonyl (C=O) groups is 3. The summed E-state index contributed by atoms with van der Waals surface area (Å²) in [5.41, 5.74) is 0.979. The summed E-state index contributed by atoms with van der Waals surface area (Å²) in [6, 6.07) is 16.2. The fraction of sp³-hybridized carbons (Fsp3) is 0.318. The van der Waals surface area contributed by atoms with Crippen molar-refractivity contribution in [1.82, 2.24) is 4.90 Å². The molecular weight excluding hydrogens is 422 g/mol. The molecule has 3 rings (SSSR count). The van der Waals surface area contributed by atoms with E-state index in [2.05, 4.69) is 0 Å². The smallest absolute Gasteiger partial charge is 0.327 e. The van der Waals surface area contributed by atoms with Gasteiger partial charge in [-0.3, -0.25) is 9.59 Å². The Balaban J connectivity index is 1.63. The number of nitrogens with zero attached hydrogens (tertiary/aromatic N) is 1. The van der Waals surface area contributed by atoms with Crippen LogP contribution in [0.1, 0.15) is 18.9 Å². The van der Waals surface area contributed by atoms with Gasteiger partial charge in [-0.25, -0.2) is 4.79 Å². The van der Waals surface area contributed by atoms with Crippen molar-refractivity contribution in [3.05, 3.63) is 60.2 Å². The topological polar surface area (TPSA) is 83.9 Å². The molecule has 1 aliphatic heterocycles. The monoisotopic (exact) mass is 445 g/mol. The maximum absolute atomic E-state index is 12.7. The standard InChI is InChI=1S/C22H23NO5S2/c1-15(24)30-19(12-21(25)23-14-29-13-20(23)22(26)27)11-16-7-9-18(10-8-16)28-17-5-3-2-4-6-17/h2-10,19-20H,11-14H2,1H3,(H,26,27)/t19?,20-/m0/s1. The lowest BCUT2D eigenvalue weighted by atomic mass is 10.1. The minimum Gasteiger partial charge on any atom is -0.480 e. The number of amides is 1. The Bertz CT molecular complexity index is 888. The van der Waals surface area contributed by atoms with Crippen molar-refractivity contribution in [2.45, 2.75) is 31.1 Å². The number of hydrogen-bond acceptors (Lipinski definition) is 6. The second-order valence-corrected chi connectivity index (χ2v) is 9.39. The van der Waals surface area contributed by atoms with E-state index in [0.29, 0.717) is 23.8 Å². The Morgan fingerprint density at radius 3 is 2.43 bits per heavy atom. The van der Waals surface area contributed by atoms with Crippen molar-refractivity contribution in [2.24, 2.45) is 0 Å². The van der Waals surface area contributed by atoms with Gasteiger partial charge in [0.2, 0.25) is 5.91 Å². The number of carboxylic acid groups (broad SMARTS) is 1. The molecule has 1 aliphatic rings. The van der Waals surface area contributed by atoms with Crippen molar-refractivity contribution in [3.63, 3.8) is 0 Å². The molecule has 8 heteroatoms. The first-order valence-corrected chi connectivity index (χ1v) is 11.5. The van der Waals surface area contributed by atoms with Crippen LogP contribution in [0.4, 0.5) is 0 Å². The van der Waals surface area contributed by atoms with Crippen molar-refractivity contribution >= 4 is 40.5 Å². The lowest BCUT2D eigenvalue weighted by molar-refractivity contribution is -0.147. The van der Waals surface area contributed by atoms with E-state index < -0.39 is 12.0 Å². The minimum atomic E-state index is -0.988. The van der Waals surface area contributed by atoms with Gasteiger partial charge in [0.1, 0.15) is 17.5 Å². The highest BCUT2D eigenvalue weighted by Gasteiger charge is 2.35. The van der Waals surface area contributed by atoms with Gasteiger partial charge in [0.15, 0.2) is 5.12 Å². The largest absolute Gasteiger partial charge is 0.480 e. The van der Waals surface area contributed by atoms with Crippen LogP contribution in [0, 0.1) is 0 Å². The van der Waals surface area contributed by atoms with Crippen LogP contribution in [0.15, 0.2) is 54.6 Å². The predicted octanol–water partition coefficient (Wildman–Crippen LogP) is 4.05. The molecule has 1 unspecified atom stereocenters. The van der Waals surface area contributed by atoms with E-state index in [1.807, 2.05) is 54.6 Å². The quantitative estimate of drug-likeness (QED) is 0.656. The van der Waals surface area contributed by atoms with Gasteiger partial charge in [0.25, 0.3) is 0 Å². The van der Waals surface area contributed by atoms with E-state index in [4.69, 9.17) is 4.74 Å². The third-order valence-electron chi connectivity index (χ3n) is 4.59. The molecule has 1 heterocycles. The van der Waals surface area contributed by atoms with Crippen molar-refractivity contribution in [2.75, 3.05) is 11.6 Å². The number of thioether (sulfide) groups is 2. The Morgan fingerprint density at radius 2 is 1.80 bits per heavy atom. The van der Waals surface area contributed by atoms with Crippen LogP contribution < -0.4 is 4.74 Å². The molecule has 6 nitrogen and oxygen atoms in total. The van der Waals surface area contributed by atoms with Gasteiger partial charge in [-0.05, 0) is 36.2 Å². The SMILES string of the molecule is CC(=O)SC(CC(=O)N1CSC[C@H]1C(=O)O)Cc1ccc(Oc2ccccc2)cc1. The number of ether oxygens (including phenoxy) is 1. The van der Waals surface area contributed by atoms with Crippen LogP contribution in [0.3, 0.4) is 0 Å². The highest BCUT2D eigenvalue weighted by atomic mass is 32.2. The van der Waals surface area contributed by atoms with Gasteiger partial charge in [0.05, 0.1) is 5.88 Å². The zero-order valence-electron chi connectivity index (χ0n) is 16.5. The number of carboxylic acids is 1. The molecule has 0 spiro atoms. The molecule has 30 heavy (non-hydrogen) atoms. The molecule has 1 saturated heterocycles. The summed E-state index contributed by atoms with van der Waals surface area (Å²) in [6.45, 7) is 1.48. The second kappa shape index (κ2) is 10.5. The number of benzene rings is 2. The van der Waals surface area contributed by atoms with E-state index in [9.17, 15) is 19.5 Å². The molecule has 1 N–H and O–H groups in total. The van der Waals surface area contributed by atoms with Crippen LogP contribution in [-0.4, -0.2) is 49.9 Å². The van der Waals surface area contributed by atoms with E-state index in [0.717, 1.165) is 23.1 Å². The summed E-state index contributed by atoms with van der Waals surface area (Å²) >= 11 is 2.56. The minimum absolute atomic E-state index is 0.0672. The normalized spacial score (nSPS) is 16.8. The molecule has 2 aromatic rings. The van der Waals surface area contributed by atoms with E-state index in [1.54, 1.807) is 0 Å². The van der Waals surface area contributed by atoms with Gasteiger partial charge in [-0.2, -0.15) is 0 Å². The first-order valence-electron chi connectivity index (χ1n) is 9.51. The predicted molar refractivity (Wildman–Crippen MR) is 119 cm³/mol. The van der Waals surface area contributed by atoms with E-state index >= 15 is 0 Å². The number of rotatable bonds is 8. The number of hydrogen-bond donors (Lipinski definition) is 1. The second-order valence-electron chi connectivity index (χ2n) is 6.92. The molecule has 0 radical (unpaired) electrons. The first kappa shape index (κ1) is 22.2. The summed E-state index contributed by atoms with van der Waals surface area (Å²) in [7, 11) is 0. The average Bonchev–Trinajstić information content (AvgIpc) is 3.20. The Kier molecular flexibility index (Phi) is 7.81. The fourth-order valence-electron chi connectivity index (χ4n) is 3.18. The third kappa shape index (κ3) is 6.27. The number of aliphatic carboxylic acids is 1. The highest BCUT2D eigenvalue weighted by molar-refractivity contribution is 8.14. The summed E-state index contributed by atoms with van der Waals surface area (Å²) < 4.78 is 5.79.